The zero-order chi connectivity index (χ0) is 9.00. The van der Waals surface area contributed by atoms with Crippen LogP contribution in [0.25, 0.3) is 9.75 Å². The molecule has 3 heterocycles. The summed E-state index contributed by atoms with van der Waals surface area (Å²) in [6.07, 6.45) is 0. The predicted molar refractivity (Wildman–Crippen MR) is 64.3 cm³/mol. The van der Waals surface area contributed by atoms with Crippen molar-refractivity contribution < 1.29 is 0 Å². The van der Waals surface area contributed by atoms with Crippen LogP contribution in [0, 0.1) is 0 Å². The third kappa shape index (κ3) is 0.978. The van der Waals surface area contributed by atoms with Crippen LogP contribution < -0.4 is 21.8 Å². The number of fused-ring (bicyclic) bond motifs is 3. The predicted octanol–water partition coefficient (Wildman–Crippen LogP) is 0.0740. The highest BCUT2D eigenvalue weighted by atomic mass is 32.1. The quantitative estimate of drug-likeness (QED) is 0.531. The van der Waals surface area contributed by atoms with Crippen molar-refractivity contribution in [3.8, 4) is 9.75 Å². The Kier molecular flexibility index (Phi) is 1.39. The van der Waals surface area contributed by atoms with Crippen molar-refractivity contribution >= 4 is 52.6 Å². The number of rotatable bonds is 0. The molecule has 0 unspecified atom stereocenters. The van der Waals surface area contributed by atoms with Gasteiger partial charge in [-0.3, -0.25) is 0 Å². The van der Waals surface area contributed by atoms with E-state index in [4.69, 9.17) is 11.5 Å². The van der Waals surface area contributed by atoms with Crippen molar-refractivity contribution in [1.29, 1.82) is 0 Å². The molecule has 0 atom stereocenters. The lowest BCUT2D eigenvalue weighted by Gasteiger charge is -1.86. The molecule has 0 radical (unpaired) electrons. The first-order valence-corrected chi connectivity index (χ1v) is 7.05. The van der Waals surface area contributed by atoms with Crippen LogP contribution in [0.2, 0.25) is 0 Å². The summed E-state index contributed by atoms with van der Waals surface area (Å²) < 4.78 is 0. The van der Waals surface area contributed by atoms with E-state index in [1.807, 2.05) is 0 Å². The van der Waals surface area contributed by atoms with Crippen LogP contribution >= 0.6 is 22.7 Å². The van der Waals surface area contributed by atoms with Crippen molar-refractivity contribution in [2.45, 2.75) is 0 Å². The van der Waals surface area contributed by atoms with Crippen LogP contribution in [0.15, 0.2) is 12.1 Å². The van der Waals surface area contributed by atoms with Crippen LogP contribution in [0.4, 0.5) is 10.0 Å². The maximum Gasteiger partial charge on any atom is 0.0916 e. The van der Waals surface area contributed by atoms with Gasteiger partial charge in [-0.2, -0.15) is 0 Å². The molecule has 4 N–H and O–H groups in total. The van der Waals surface area contributed by atoms with E-state index in [1.54, 1.807) is 22.7 Å². The van der Waals surface area contributed by atoms with E-state index < -0.39 is 0 Å². The molecule has 3 rings (SSSR count). The molecule has 0 aromatic carbocycles. The second kappa shape index (κ2) is 2.37. The summed E-state index contributed by atoms with van der Waals surface area (Å²) in [4.78, 5) is 2.78. The molecule has 2 aromatic rings. The smallest absolute Gasteiger partial charge is 0.0916 e. The van der Waals surface area contributed by atoms with Gasteiger partial charge in [0.2, 0.25) is 0 Å². The number of nitrogen functional groups attached to an aromatic ring is 2. The first-order valence-electron chi connectivity index (χ1n) is 4.01. The summed E-state index contributed by atoms with van der Waals surface area (Å²) in [6.45, 7) is 0. The minimum absolute atomic E-state index is 0.258. The van der Waals surface area contributed by atoms with Crippen LogP contribution in [0.1, 0.15) is 0 Å². The van der Waals surface area contributed by atoms with Crippen molar-refractivity contribution in [1.82, 2.24) is 0 Å². The Labute approximate surface area is 86.0 Å². The fourth-order valence-electron chi connectivity index (χ4n) is 1.75. The summed E-state index contributed by atoms with van der Waals surface area (Å²) in [5.74, 6) is 0. The van der Waals surface area contributed by atoms with E-state index in [1.165, 1.54) is 20.1 Å². The molecule has 0 amide bonds. The fourth-order valence-corrected chi connectivity index (χ4v) is 6.85. The van der Waals surface area contributed by atoms with Crippen molar-refractivity contribution in [3.05, 3.63) is 12.1 Å². The lowest BCUT2D eigenvalue weighted by Crippen LogP contribution is -2.18. The van der Waals surface area contributed by atoms with E-state index in [9.17, 15) is 0 Å². The van der Waals surface area contributed by atoms with Crippen molar-refractivity contribution in [3.63, 3.8) is 0 Å². The summed E-state index contributed by atoms with van der Waals surface area (Å²) in [5, 5.41) is 4.89. The molecule has 0 bridgehead atoms. The van der Waals surface area contributed by atoms with Gasteiger partial charge in [-0.25, -0.2) is 0 Å². The van der Waals surface area contributed by atoms with E-state index in [0.717, 1.165) is 10.0 Å². The standard InChI is InChI=1S/C8H8N2S2Si/c9-5-1-3-7(11-5)8-4(13-3)2-6(10)12-8/h1-2H,9-10,13H2. The van der Waals surface area contributed by atoms with Crippen LogP contribution in [-0.2, 0) is 0 Å². The maximum atomic E-state index is 5.77. The number of hydrogen-bond donors (Lipinski definition) is 2. The Morgan fingerprint density at radius 2 is 1.38 bits per heavy atom. The van der Waals surface area contributed by atoms with Gasteiger partial charge >= 0.3 is 0 Å². The fraction of sp³-hybridized carbons (Fsp3) is 0. The minimum Gasteiger partial charge on any atom is -0.391 e. The van der Waals surface area contributed by atoms with E-state index in [-0.39, 0.29) is 9.52 Å². The molecule has 2 nitrogen and oxygen atoms in total. The van der Waals surface area contributed by atoms with Gasteiger partial charge < -0.3 is 11.5 Å². The van der Waals surface area contributed by atoms with E-state index in [0.29, 0.717) is 0 Å². The highest BCUT2D eigenvalue weighted by Crippen LogP contribution is 2.35. The molecule has 13 heavy (non-hydrogen) atoms. The van der Waals surface area contributed by atoms with Crippen LogP contribution in [0.5, 0.6) is 0 Å². The maximum absolute atomic E-state index is 5.77. The van der Waals surface area contributed by atoms with Crippen molar-refractivity contribution in [2.24, 2.45) is 0 Å². The van der Waals surface area contributed by atoms with Gasteiger partial charge in [0.25, 0.3) is 0 Å². The molecular weight excluding hydrogens is 216 g/mol. The van der Waals surface area contributed by atoms with Gasteiger partial charge in [-0.1, -0.05) is 0 Å². The molecule has 5 heteroatoms. The second-order valence-electron chi connectivity index (χ2n) is 3.18. The SMILES string of the molecule is Nc1cc2c(s1)-c1sc(N)cc1[SiH2]2. The van der Waals surface area contributed by atoms with Gasteiger partial charge in [0, 0.05) is 9.75 Å². The average molecular weight is 224 g/mol. The summed E-state index contributed by atoms with van der Waals surface area (Å²) in [5.41, 5.74) is 11.5. The van der Waals surface area contributed by atoms with Gasteiger partial charge in [-0.15, -0.1) is 22.7 Å². The Balaban J connectivity index is 2.28. The van der Waals surface area contributed by atoms with E-state index in [2.05, 4.69) is 12.1 Å². The molecule has 0 aliphatic carbocycles. The molecule has 0 saturated heterocycles. The average Bonchev–Trinajstić information content (AvgIpc) is 2.60. The molecule has 1 aliphatic rings. The second-order valence-corrected chi connectivity index (χ2v) is 7.23. The van der Waals surface area contributed by atoms with Gasteiger partial charge in [0.15, 0.2) is 0 Å². The van der Waals surface area contributed by atoms with Gasteiger partial charge in [0.05, 0.1) is 19.5 Å². The topological polar surface area (TPSA) is 52.0 Å². The van der Waals surface area contributed by atoms with E-state index >= 15 is 0 Å². The molecule has 66 valence electrons. The van der Waals surface area contributed by atoms with Gasteiger partial charge in [0.1, 0.15) is 0 Å². The monoisotopic (exact) mass is 224 g/mol. The molecular formula is C8H8N2S2Si. The van der Waals surface area contributed by atoms with Crippen LogP contribution in [0.3, 0.4) is 0 Å². The highest BCUT2D eigenvalue weighted by molar-refractivity contribution is 7.29. The first kappa shape index (κ1) is 7.60. The summed E-state index contributed by atoms with van der Waals surface area (Å²) in [6, 6.07) is 4.27. The Morgan fingerprint density at radius 1 is 0.923 bits per heavy atom. The third-order valence-corrected chi connectivity index (χ3v) is 6.81. The number of thiophene rings is 2. The third-order valence-electron chi connectivity index (χ3n) is 2.24. The van der Waals surface area contributed by atoms with Crippen LogP contribution in [-0.4, -0.2) is 9.52 Å². The Hall–Kier alpha value is -0.783. The first-order chi connectivity index (χ1) is 6.24. The highest BCUT2D eigenvalue weighted by Gasteiger charge is 2.23. The molecule has 2 aromatic heterocycles. The summed E-state index contributed by atoms with van der Waals surface area (Å²) >= 11 is 3.40. The lowest BCUT2D eigenvalue weighted by molar-refractivity contribution is 1.99. The summed E-state index contributed by atoms with van der Waals surface area (Å²) in [7, 11) is -0.258. The molecule has 0 spiro atoms. The zero-order valence-corrected chi connectivity index (χ0v) is 9.88. The number of nitrogens with two attached hydrogens (primary N) is 2. The normalized spacial score (nSPS) is 12.9. The molecule has 0 saturated carbocycles. The Morgan fingerprint density at radius 3 is 1.85 bits per heavy atom. The number of hydrogen-bond acceptors (Lipinski definition) is 4. The van der Waals surface area contributed by atoms with Gasteiger partial charge in [-0.05, 0) is 22.5 Å². The number of anilines is 2. The largest absolute Gasteiger partial charge is 0.391 e. The van der Waals surface area contributed by atoms with Crippen molar-refractivity contribution in [2.75, 3.05) is 11.5 Å². The lowest BCUT2D eigenvalue weighted by atomic mass is 10.4. The zero-order valence-electron chi connectivity index (χ0n) is 6.83. The molecule has 1 aliphatic heterocycles. The Bertz CT molecular complexity index is 442. The molecule has 0 fully saturated rings. The minimum atomic E-state index is -0.258.